The van der Waals surface area contributed by atoms with Gasteiger partial charge in [-0.25, -0.2) is 0 Å². The van der Waals surface area contributed by atoms with Gasteiger partial charge in [0.15, 0.2) is 0 Å². The lowest BCUT2D eigenvalue weighted by Gasteiger charge is -2.36. The third-order valence-electron chi connectivity index (χ3n) is 5.11. The van der Waals surface area contributed by atoms with Crippen LogP contribution in [0, 0.1) is 0 Å². The average molecular weight is 340 g/mol. The highest BCUT2D eigenvalue weighted by Crippen LogP contribution is 2.25. The van der Waals surface area contributed by atoms with Crippen LogP contribution in [0.4, 0.5) is 0 Å². The number of rotatable bonds is 5. The first-order valence-electron chi connectivity index (χ1n) is 8.94. The predicted molar refractivity (Wildman–Crippen MR) is 93.8 cm³/mol. The highest BCUT2D eigenvalue weighted by molar-refractivity contribution is 5.76. The number of nitrogens with zero attached hydrogens (tertiary/aromatic N) is 4. The zero-order valence-corrected chi connectivity index (χ0v) is 14.3. The number of amides is 1. The Labute approximate surface area is 148 Å². The van der Waals surface area contributed by atoms with Crippen LogP contribution in [0.25, 0.3) is 0 Å². The summed E-state index contributed by atoms with van der Waals surface area (Å²) in [6.45, 7) is 4.67. The van der Waals surface area contributed by atoms with Gasteiger partial charge < -0.3 is 9.64 Å². The van der Waals surface area contributed by atoms with Crippen molar-refractivity contribution < 1.29 is 9.53 Å². The number of fused-ring (bicyclic) bond motifs is 1. The molecule has 2 aliphatic rings. The monoisotopic (exact) mass is 340 g/mol. The highest BCUT2D eigenvalue weighted by atomic mass is 16.5. The van der Waals surface area contributed by atoms with Gasteiger partial charge in [-0.1, -0.05) is 30.3 Å². The van der Waals surface area contributed by atoms with E-state index >= 15 is 0 Å². The molecule has 0 aliphatic carbocycles. The van der Waals surface area contributed by atoms with Crippen molar-refractivity contribution in [3.63, 3.8) is 0 Å². The van der Waals surface area contributed by atoms with E-state index in [-0.39, 0.29) is 12.0 Å². The van der Waals surface area contributed by atoms with Crippen LogP contribution >= 0.6 is 0 Å². The molecule has 132 valence electrons. The molecule has 6 heteroatoms. The molecule has 2 atom stereocenters. The second-order valence-corrected chi connectivity index (χ2v) is 6.75. The lowest BCUT2D eigenvalue weighted by Crippen LogP contribution is -2.50. The molecule has 2 fully saturated rings. The van der Waals surface area contributed by atoms with Crippen LogP contribution in [-0.4, -0.2) is 63.9 Å². The van der Waals surface area contributed by atoms with Gasteiger partial charge in [0.25, 0.3) is 0 Å². The summed E-state index contributed by atoms with van der Waals surface area (Å²) >= 11 is 0. The molecular weight excluding hydrogens is 316 g/mol. The Bertz CT molecular complexity index is 689. The van der Waals surface area contributed by atoms with E-state index in [1.807, 2.05) is 23.2 Å². The van der Waals surface area contributed by atoms with Crippen molar-refractivity contribution in [2.75, 3.05) is 26.2 Å². The van der Waals surface area contributed by atoms with Crippen LogP contribution in [0.5, 0.6) is 0 Å². The summed E-state index contributed by atoms with van der Waals surface area (Å²) in [5.41, 5.74) is 1.31. The van der Waals surface area contributed by atoms with Crippen molar-refractivity contribution in [3.8, 4) is 0 Å². The zero-order chi connectivity index (χ0) is 17.1. The molecule has 3 heterocycles. The average Bonchev–Trinajstić information content (AvgIpc) is 3.30. The van der Waals surface area contributed by atoms with Gasteiger partial charge in [-0.2, -0.15) is 5.10 Å². The molecular formula is C19H24N4O2. The van der Waals surface area contributed by atoms with Crippen molar-refractivity contribution >= 4 is 5.91 Å². The van der Waals surface area contributed by atoms with Crippen LogP contribution in [0.15, 0.2) is 48.8 Å². The van der Waals surface area contributed by atoms with E-state index < -0.39 is 0 Å². The number of morpholine rings is 1. The minimum Gasteiger partial charge on any atom is -0.373 e. The lowest BCUT2D eigenvalue weighted by atomic mass is 10.1. The second kappa shape index (κ2) is 7.37. The van der Waals surface area contributed by atoms with Crippen LogP contribution in [0.2, 0.25) is 0 Å². The lowest BCUT2D eigenvalue weighted by molar-refractivity contribution is -0.130. The molecule has 1 aromatic heterocycles. The standard InChI is InChI=1S/C19H24N4O2/c24-19(7-10-23-9-4-8-20-23)22-14-17-18(15-22)25-12-11-21(17)13-16-5-2-1-3-6-16/h1-6,8-9,17-18H,7,10-15H2/t17-,18+/m0/s1. The summed E-state index contributed by atoms with van der Waals surface area (Å²) in [6, 6.07) is 12.7. The maximum absolute atomic E-state index is 12.6. The maximum atomic E-state index is 12.6. The molecule has 6 nitrogen and oxygen atoms in total. The summed E-state index contributed by atoms with van der Waals surface area (Å²) in [6.07, 6.45) is 4.25. The van der Waals surface area contributed by atoms with E-state index in [2.05, 4.69) is 34.3 Å². The topological polar surface area (TPSA) is 50.6 Å². The molecule has 2 aromatic rings. The number of carbonyl (C=O) groups is 1. The van der Waals surface area contributed by atoms with E-state index in [0.29, 0.717) is 25.6 Å². The maximum Gasteiger partial charge on any atom is 0.224 e. The molecule has 1 amide bonds. The SMILES string of the molecule is O=C(CCn1cccn1)N1C[C@H]2OCCN(Cc3ccccc3)[C@H]2C1. The smallest absolute Gasteiger partial charge is 0.224 e. The van der Waals surface area contributed by atoms with Gasteiger partial charge in [0.05, 0.1) is 18.8 Å². The van der Waals surface area contributed by atoms with E-state index in [1.54, 1.807) is 10.9 Å². The van der Waals surface area contributed by atoms with Gasteiger partial charge in [-0.3, -0.25) is 14.4 Å². The summed E-state index contributed by atoms with van der Waals surface area (Å²) in [5, 5.41) is 4.16. The Morgan fingerprint density at radius 3 is 2.88 bits per heavy atom. The van der Waals surface area contributed by atoms with Crippen molar-refractivity contribution in [3.05, 3.63) is 54.4 Å². The van der Waals surface area contributed by atoms with Gasteiger partial charge in [0.2, 0.25) is 5.91 Å². The Morgan fingerprint density at radius 2 is 2.08 bits per heavy atom. The Kier molecular flexibility index (Phi) is 4.81. The molecule has 2 saturated heterocycles. The first kappa shape index (κ1) is 16.3. The number of aromatic nitrogens is 2. The number of hydrogen-bond donors (Lipinski definition) is 0. The minimum atomic E-state index is 0.131. The number of likely N-dealkylation sites (tertiary alicyclic amines) is 1. The third-order valence-corrected chi connectivity index (χ3v) is 5.11. The first-order valence-corrected chi connectivity index (χ1v) is 8.94. The third kappa shape index (κ3) is 3.75. The summed E-state index contributed by atoms with van der Waals surface area (Å²) in [5.74, 6) is 0.188. The predicted octanol–water partition coefficient (Wildman–Crippen LogP) is 1.38. The van der Waals surface area contributed by atoms with Crippen LogP contribution in [0.1, 0.15) is 12.0 Å². The number of aryl methyl sites for hydroxylation is 1. The van der Waals surface area contributed by atoms with Gasteiger partial charge in [-0.05, 0) is 11.6 Å². The van der Waals surface area contributed by atoms with Gasteiger partial charge >= 0.3 is 0 Å². The Morgan fingerprint density at radius 1 is 1.20 bits per heavy atom. The Balaban J connectivity index is 1.36. The zero-order valence-electron chi connectivity index (χ0n) is 14.3. The molecule has 2 aliphatic heterocycles. The van der Waals surface area contributed by atoms with E-state index in [9.17, 15) is 4.79 Å². The van der Waals surface area contributed by atoms with Gasteiger partial charge in [-0.15, -0.1) is 0 Å². The van der Waals surface area contributed by atoms with Crippen molar-refractivity contribution in [1.29, 1.82) is 0 Å². The van der Waals surface area contributed by atoms with Crippen molar-refractivity contribution in [2.45, 2.75) is 31.7 Å². The highest BCUT2D eigenvalue weighted by Gasteiger charge is 2.41. The van der Waals surface area contributed by atoms with E-state index in [4.69, 9.17) is 4.74 Å². The quantitative estimate of drug-likeness (QED) is 0.825. The molecule has 0 radical (unpaired) electrons. The molecule has 0 unspecified atom stereocenters. The number of benzene rings is 1. The second-order valence-electron chi connectivity index (χ2n) is 6.75. The Hall–Kier alpha value is -2.18. The molecule has 0 N–H and O–H groups in total. The first-order chi connectivity index (χ1) is 12.3. The van der Waals surface area contributed by atoms with E-state index in [0.717, 1.165) is 26.2 Å². The summed E-state index contributed by atoms with van der Waals surface area (Å²) in [7, 11) is 0. The molecule has 1 aromatic carbocycles. The summed E-state index contributed by atoms with van der Waals surface area (Å²) < 4.78 is 7.75. The summed E-state index contributed by atoms with van der Waals surface area (Å²) in [4.78, 5) is 17.0. The van der Waals surface area contributed by atoms with E-state index in [1.165, 1.54) is 5.56 Å². The largest absolute Gasteiger partial charge is 0.373 e. The normalized spacial score (nSPS) is 23.6. The van der Waals surface area contributed by atoms with Crippen molar-refractivity contribution in [2.24, 2.45) is 0 Å². The van der Waals surface area contributed by atoms with Crippen LogP contribution < -0.4 is 0 Å². The number of hydrogen-bond acceptors (Lipinski definition) is 4. The molecule has 4 rings (SSSR count). The number of carbonyl (C=O) groups excluding carboxylic acids is 1. The fourth-order valence-electron chi connectivity index (χ4n) is 3.78. The molecule has 25 heavy (non-hydrogen) atoms. The fourth-order valence-corrected chi connectivity index (χ4v) is 3.78. The molecule has 0 spiro atoms. The number of ether oxygens (including phenoxy) is 1. The van der Waals surface area contributed by atoms with Crippen LogP contribution in [0.3, 0.4) is 0 Å². The minimum absolute atomic E-state index is 0.131. The molecule has 0 saturated carbocycles. The van der Waals surface area contributed by atoms with Gasteiger partial charge in [0.1, 0.15) is 0 Å². The molecule has 0 bridgehead atoms. The van der Waals surface area contributed by atoms with Crippen molar-refractivity contribution in [1.82, 2.24) is 19.6 Å². The fraction of sp³-hybridized carbons (Fsp3) is 0.474. The van der Waals surface area contributed by atoms with Crippen LogP contribution in [-0.2, 0) is 22.6 Å². The van der Waals surface area contributed by atoms with Gasteiger partial charge in [0, 0.05) is 51.5 Å².